The summed E-state index contributed by atoms with van der Waals surface area (Å²) in [5.41, 5.74) is -1.38. The Morgan fingerprint density at radius 2 is 1.83 bits per heavy atom. The summed E-state index contributed by atoms with van der Waals surface area (Å²) in [5, 5.41) is 20.8. The summed E-state index contributed by atoms with van der Waals surface area (Å²) in [6.07, 6.45) is 4.08. The van der Waals surface area contributed by atoms with Gasteiger partial charge >= 0.3 is 5.97 Å². The summed E-state index contributed by atoms with van der Waals surface area (Å²) in [5.74, 6) is -2.12. The number of carbonyl (C=O) groups excluding carboxylic acids is 1. The molecule has 2 heterocycles. The summed E-state index contributed by atoms with van der Waals surface area (Å²) < 4.78 is 38.5. The fourth-order valence-corrected chi connectivity index (χ4v) is 5.14. The van der Waals surface area contributed by atoms with E-state index < -0.39 is 29.2 Å². The van der Waals surface area contributed by atoms with Crippen LogP contribution < -0.4 is 4.74 Å². The monoisotopic (exact) mass is 616 g/mol. The largest absolute Gasteiger partial charge is 0.423 e. The van der Waals surface area contributed by atoms with Crippen molar-refractivity contribution >= 4 is 41.4 Å². The number of rotatable bonds is 8. The number of aromatic nitrogens is 6. The highest BCUT2D eigenvalue weighted by molar-refractivity contribution is 7.71. The van der Waals surface area contributed by atoms with Crippen molar-refractivity contribution in [3.8, 4) is 11.4 Å². The Morgan fingerprint density at radius 1 is 1.07 bits per heavy atom. The molecule has 1 N–H and O–H groups in total. The average molecular weight is 617 g/mol. The first-order chi connectivity index (χ1) is 19.6. The van der Waals surface area contributed by atoms with Crippen LogP contribution >= 0.6 is 35.4 Å². The van der Waals surface area contributed by atoms with E-state index in [4.69, 9.17) is 40.2 Å². The van der Waals surface area contributed by atoms with Crippen LogP contribution in [0.3, 0.4) is 0 Å². The van der Waals surface area contributed by atoms with E-state index in [9.17, 15) is 18.7 Å². The number of carbonyl (C=O) groups is 1. The molecule has 2 atom stereocenters. The van der Waals surface area contributed by atoms with Crippen LogP contribution in [-0.4, -0.2) is 40.2 Å². The van der Waals surface area contributed by atoms with Gasteiger partial charge in [0.25, 0.3) is 0 Å². The molecule has 0 aliphatic heterocycles. The lowest BCUT2D eigenvalue weighted by Crippen LogP contribution is -2.41. The van der Waals surface area contributed by atoms with Gasteiger partial charge in [-0.25, -0.2) is 27.9 Å². The molecule has 0 amide bonds. The van der Waals surface area contributed by atoms with Crippen molar-refractivity contribution in [2.24, 2.45) is 0 Å². The lowest BCUT2D eigenvalue weighted by atomic mass is 9.86. The molecule has 0 aliphatic carbocycles. The molecular formula is C27H20Cl2F2N6O3S. The molecule has 0 radical (unpaired) electrons. The van der Waals surface area contributed by atoms with Gasteiger partial charge in [0.2, 0.25) is 4.77 Å². The number of hydrogen-bond acceptors (Lipinski definition) is 7. The lowest BCUT2D eigenvalue weighted by molar-refractivity contribution is -0.0375. The third kappa shape index (κ3) is 5.77. The molecular weight excluding hydrogens is 597 g/mol. The molecule has 0 unspecified atom stereocenters. The van der Waals surface area contributed by atoms with Gasteiger partial charge in [0.05, 0.1) is 23.2 Å². The van der Waals surface area contributed by atoms with Gasteiger partial charge in [-0.3, -0.25) is 4.57 Å². The maximum atomic E-state index is 14.9. The molecule has 5 rings (SSSR count). The van der Waals surface area contributed by atoms with E-state index in [1.807, 2.05) is 0 Å². The standard InChI is InChI=1S/C27H20Cl2F2N6O3S/c1-16(27(39,12-35-14-32-13-33-35)22-9-3-18(30)11-24(22)31)37-26(41)36(15-34-37)19-4-6-20(7-5-19)40-25(38)21-8-2-17(28)10-23(21)29/h2-11,13-16,39H,12H2,1H3/t16-,27-/m1/s1. The second kappa shape index (κ2) is 11.5. The Labute approximate surface area is 247 Å². The molecule has 0 bridgehead atoms. The van der Waals surface area contributed by atoms with Crippen LogP contribution in [0.15, 0.2) is 79.6 Å². The maximum Gasteiger partial charge on any atom is 0.345 e. The predicted molar refractivity (Wildman–Crippen MR) is 149 cm³/mol. The maximum absolute atomic E-state index is 14.9. The second-order valence-corrected chi connectivity index (χ2v) is 10.3. The normalized spacial score (nSPS) is 13.5. The highest BCUT2D eigenvalue weighted by Gasteiger charge is 2.41. The van der Waals surface area contributed by atoms with Crippen molar-refractivity contribution in [2.45, 2.75) is 25.1 Å². The van der Waals surface area contributed by atoms with Crippen molar-refractivity contribution in [3.05, 3.63) is 117 Å². The topological polar surface area (TPSA) is 100.0 Å². The highest BCUT2D eigenvalue weighted by Crippen LogP contribution is 2.37. The Hall–Kier alpha value is -3.97. The van der Waals surface area contributed by atoms with E-state index >= 15 is 0 Å². The van der Waals surface area contributed by atoms with Gasteiger partial charge in [0.15, 0.2) is 0 Å². The average Bonchev–Trinajstić information content (AvgIpc) is 3.58. The van der Waals surface area contributed by atoms with Crippen LogP contribution in [0, 0.1) is 16.4 Å². The smallest absolute Gasteiger partial charge is 0.345 e. The van der Waals surface area contributed by atoms with Crippen LogP contribution in [0.25, 0.3) is 5.69 Å². The molecule has 210 valence electrons. The molecule has 0 spiro atoms. The second-order valence-electron chi connectivity index (χ2n) is 9.05. The Morgan fingerprint density at radius 3 is 2.49 bits per heavy atom. The number of nitrogens with zero attached hydrogens (tertiary/aromatic N) is 6. The number of aliphatic hydroxyl groups is 1. The zero-order valence-corrected chi connectivity index (χ0v) is 23.5. The molecule has 5 aromatic rings. The highest BCUT2D eigenvalue weighted by atomic mass is 35.5. The minimum absolute atomic E-state index is 0.161. The van der Waals surface area contributed by atoms with Crippen LogP contribution in [0.2, 0.25) is 10.0 Å². The van der Waals surface area contributed by atoms with E-state index in [0.29, 0.717) is 16.8 Å². The van der Waals surface area contributed by atoms with E-state index in [-0.39, 0.29) is 33.2 Å². The van der Waals surface area contributed by atoms with E-state index in [2.05, 4.69) is 15.2 Å². The molecule has 0 saturated heterocycles. The SMILES string of the molecule is C[C@@H](n1ncn(-c2ccc(OC(=O)c3ccc(Cl)cc3Cl)cc2)c1=S)[C@](O)(Cn1cncn1)c1ccc(F)cc1F. The zero-order chi connectivity index (χ0) is 29.3. The quantitative estimate of drug-likeness (QED) is 0.131. The molecule has 2 aromatic heterocycles. The fourth-order valence-electron chi connectivity index (χ4n) is 4.30. The molecule has 9 nitrogen and oxygen atoms in total. The van der Waals surface area contributed by atoms with Crippen molar-refractivity contribution in [3.63, 3.8) is 0 Å². The summed E-state index contributed by atoms with van der Waals surface area (Å²) in [4.78, 5) is 16.4. The van der Waals surface area contributed by atoms with Gasteiger partial charge in [-0.15, -0.1) is 0 Å². The predicted octanol–water partition coefficient (Wildman–Crippen LogP) is 5.95. The van der Waals surface area contributed by atoms with Gasteiger partial charge in [0, 0.05) is 22.3 Å². The molecule has 0 fully saturated rings. The van der Waals surface area contributed by atoms with Crippen LogP contribution in [-0.2, 0) is 12.1 Å². The Bertz CT molecular complexity index is 1780. The van der Waals surface area contributed by atoms with Crippen LogP contribution in [0.5, 0.6) is 5.75 Å². The van der Waals surface area contributed by atoms with Crippen molar-refractivity contribution in [1.29, 1.82) is 0 Å². The number of ether oxygens (including phenoxy) is 1. The third-order valence-electron chi connectivity index (χ3n) is 6.50. The van der Waals surface area contributed by atoms with Crippen LogP contribution in [0.1, 0.15) is 28.9 Å². The van der Waals surface area contributed by atoms with E-state index in [1.54, 1.807) is 35.8 Å². The summed E-state index contributed by atoms with van der Waals surface area (Å²) >= 11 is 17.6. The molecule has 14 heteroatoms. The first-order valence-corrected chi connectivity index (χ1v) is 13.2. The molecule has 3 aromatic carbocycles. The Balaban J connectivity index is 1.42. The minimum Gasteiger partial charge on any atom is -0.423 e. The first kappa shape index (κ1) is 28.6. The number of halogens is 4. The molecule has 0 saturated carbocycles. The van der Waals surface area contributed by atoms with E-state index in [0.717, 1.165) is 6.07 Å². The van der Waals surface area contributed by atoms with Gasteiger partial charge in [-0.2, -0.15) is 10.2 Å². The number of benzene rings is 3. The molecule has 41 heavy (non-hydrogen) atoms. The third-order valence-corrected chi connectivity index (χ3v) is 7.43. The van der Waals surface area contributed by atoms with Gasteiger partial charge in [0.1, 0.15) is 42.0 Å². The van der Waals surface area contributed by atoms with Crippen molar-refractivity contribution < 1.29 is 23.4 Å². The van der Waals surface area contributed by atoms with Gasteiger partial charge in [-0.05, 0) is 67.7 Å². The van der Waals surface area contributed by atoms with Gasteiger partial charge < -0.3 is 9.84 Å². The van der Waals surface area contributed by atoms with Gasteiger partial charge in [-0.1, -0.05) is 29.3 Å². The summed E-state index contributed by atoms with van der Waals surface area (Å²) in [6, 6.07) is 12.9. The van der Waals surface area contributed by atoms with Crippen molar-refractivity contribution in [2.75, 3.05) is 0 Å². The Kier molecular flexibility index (Phi) is 8.00. The first-order valence-electron chi connectivity index (χ1n) is 12.0. The fraction of sp³-hybridized carbons (Fsp3) is 0.148. The molecule has 0 aliphatic rings. The minimum atomic E-state index is -1.95. The summed E-state index contributed by atoms with van der Waals surface area (Å²) in [6.45, 7) is 1.39. The lowest BCUT2D eigenvalue weighted by Gasteiger charge is -2.34. The van der Waals surface area contributed by atoms with Crippen molar-refractivity contribution in [1.82, 2.24) is 29.1 Å². The van der Waals surface area contributed by atoms with Crippen LogP contribution in [0.4, 0.5) is 8.78 Å². The summed E-state index contributed by atoms with van der Waals surface area (Å²) in [7, 11) is 0. The zero-order valence-electron chi connectivity index (χ0n) is 21.2. The number of hydrogen-bond donors (Lipinski definition) is 1. The van der Waals surface area contributed by atoms with E-state index in [1.165, 1.54) is 52.6 Å². The number of esters is 1.